The van der Waals surface area contributed by atoms with Crippen LogP contribution in [0.4, 0.5) is 5.69 Å². The van der Waals surface area contributed by atoms with Crippen LogP contribution in [-0.4, -0.2) is 32.4 Å². The first-order valence-electron chi connectivity index (χ1n) is 7.43. The fraction of sp³-hybridized carbons (Fsp3) is 0.267. The molecule has 1 aromatic heterocycles. The molecule has 1 amide bonds. The van der Waals surface area contributed by atoms with Crippen LogP contribution in [0.2, 0.25) is 5.02 Å². The average Bonchev–Trinajstić information content (AvgIpc) is 3.06. The Morgan fingerprint density at radius 1 is 1.35 bits per heavy atom. The Morgan fingerprint density at radius 2 is 2.12 bits per heavy atom. The van der Waals surface area contributed by atoms with E-state index in [1.165, 1.54) is 35.1 Å². The first kappa shape index (κ1) is 19.7. The summed E-state index contributed by atoms with van der Waals surface area (Å²) in [5.74, 6) is -0.136. The van der Waals surface area contributed by atoms with E-state index in [-0.39, 0.29) is 41.2 Å². The number of carbonyl (C=O) groups is 2. The number of nitro groups is 1. The number of ether oxygens (including phenoxy) is 1. The lowest BCUT2D eigenvalue weighted by molar-refractivity contribution is -0.384. The van der Waals surface area contributed by atoms with Crippen molar-refractivity contribution in [2.45, 2.75) is 19.6 Å². The minimum atomic E-state index is -0.558. The molecule has 0 bridgehead atoms. The van der Waals surface area contributed by atoms with E-state index in [0.717, 1.165) is 0 Å². The van der Waals surface area contributed by atoms with Crippen LogP contribution in [0.1, 0.15) is 23.3 Å². The van der Waals surface area contributed by atoms with Gasteiger partial charge in [-0.25, -0.2) is 4.68 Å². The predicted molar refractivity (Wildman–Crippen MR) is 93.4 cm³/mol. The number of amides is 1. The molecule has 0 fully saturated rings. The Labute approximate surface area is 158 Å². The van der Waals surface area contributed by atoms with E-state index in [1.54, 1.807) is 0 Å². The third-order valence-corrected chi connectivity index (χ3v) is 3.67. The SMILES string of the molecule is O=C(Cl)CCCNC(=O)c1ccn(COc2ccc([N+](=O)[O-])cc2Cl)n1. The summed E-state index contributed by atoms with van der Waals surface area (Å²) in [6, 6.07) is 5.35. The monoisotopic (exact) mass is 400 g/mol. The number of non-ortho nitro benzene ring substituents is 1. The van der Waals surface area contributed by atoms with E-state index in [9.17, 15) is 19.7 Å². The van der Waals surface area contributed by atoms with Crippen molar-refractivity contribution in [3.05, 3.63) is 51.3 Å². The largest absolute Gasteiger partial charge is 0.470 e. The number of hydrogen-bond donors (Lipinski definition) is 1. The second-order valence-electron chi connectivity index (χ2n) is 5.10. The molecule has 2 rings (SSSR count). The number of halogens is 2. The molecule has 0 aliphatic carbocycles. The van der Waals surface area contributed by atoms with Crippen molar-refractivity contribution < 1.29 is 19.2 Å². The lowest BCUT2D eigenvalue weighted by atomic mass is 10.3. The molecular weight excluding hydrogens is 387 g/mol. The third kappa shape index (κ3) is 5.71. The van der Waals surface area contributed by atoms with Gasteiger partial charge in [0.2, 0.25) is 5.24 Å². The quantitative estimate of drug-likeness (QED) is 0.299. The highest BCUT2D eigenvalue weighted by molar-refractivity contribution is 6.63. The van der Waals surface area contributed by atoms with Crippen LogP contribution in [0.25, 0.3) is 0 Å². The Kier molecular flexibility index (Phi) is 6.93. The van der Waals surface area contributed by atoms with Gasteiger partial charge in [-0.1, -0.05) is 11.6 Å². The van der Waals surface area contributed by atoms with Crippen LogP contribution in [-0.2, 0) is 11.5 Å². The summed E-state index contributed by atoms with van der Waals surface area (Å²) in [4.78, 5) is 32.6. The predicted octanol–water partition coefficient (Wildman–Crippen LogP) is 2.76. The van der Waals surface area contributed by atoms with Gasteiger partial charge in [0, 0.05) is 31.3 Å². The van der Waals surface area contributed by atoms with Crippen molar-refractivity contribution in [2.24, 2.45) is 0 Å². The van der Waals surface area contributed by atoms with E-state index >= 15 is 0 Å². The normalized spacial score (nSPS) is 10.4. The molecular formula is C15H14Cl2N4O5. The van der Waals surface area contributed by atoms with Crippen molar-refractivity contribution in [3.63, 3.8) is 0 Å². The van der Waals surface area contributed by atoms with Gasteiger partial charge in [0.15, 0.2) is 6.73 Å². The standard InChI is InChI=1S/C15H14Cl2N4O5/c16-11-8-10(21(24)25)3-4-13(11)26-9-20-7-5-12(19-20)15(23)18-6-1-2-14(17)22/h3-5,7-8H,1-2,6,9H2,(H,18,23). The Balaban J connectivity index is 1.87. The third-order valence-electron chi connectivity index (χ3n) is 3.19. The number of carbonyl (C=O) groups excluding carboxylic acids is 2. The van der Waals surface area contributed by atoms with Crippen LogP contribution in [0.5, 0.6) is 5.75 Å². The first-order chi connectivity index (χ1) is 12.4. The lowest BCUT2D eigenvalue weighted by Gasteiger charge is -2.07. The summed E-state index contributed by atoms with van der Waals surface area (Å²) in [6.45, 7) is 0.268. The molecule has 0 saturated carbocycles. The second kappa shape index (κ2) is 9.16. The van der Waals surface area contributed by atoms with Gasteiger partial charge >= 0.3 is 0 Å². The molecule has 0 radical (unpaired) electrons. The maximum absolute atomic E-state index is 11.9. The maximum atomic E-state index is 11.9. The molecule has 0 aliphatic rings. The number of hydrogen-bond acceptors (Lipinski definition) is 6. The number of aromatic nitrogens is 2. The number of nitrogens with zero attached hydrogens (tertiary/aromatic N) is 3. The van der Waals surface area contributed by atoms with Crippen LogP contribution >= 0.6 is 23.2 Å². The van der Waals surface area contributed by atoms with Gasteiger partial charge in [0.25, 0.3) is 11.6 Å². The number of nitrogens with one attached hydrogen (secondary N) is 1. The number of rotatable bonds is 9. The fourth-order valence-electron chi connectivity index (χ4n) is 1.93. The molecule has 9 nitrogen and oxygen atoms in total. The number of benzene rings is 1. The smallest absolute Gasteiger partial charge is 0.271 e. The second-order valence-corrected chi connectivity index (χ2v) is 5.93. The zero-order valence-electron chi connectivity index (χ0n) is 13.4. The van der Waals surface area contributed by atoms with E-state index in [2.05, 4.69) is 10.4 Å². The topological polar surface area (TPSA) is 116 Å². The molecule has 138 valence electrons. The van der Waals surface area contributed by atoms with Gasteiger partial charge < -0.3 is 10.1 Å². The Hall–Kier alpha value is -2.65. The summed E-state index contributed by atoms with van der Waals surface area (Å²) in [6.07, 6.45) is 2.16. The van der Waals surface area contributed by atoms with Gasteiger partial charge in [0.1, 0.15) is 11.4 Å². The summed E-state index contributed by atoms with van der Waals surface area (Å²) < 4.78 is 6.81. The Morgan fingerprint density at radius 3 is 2.77 bits per heavy atom. The molecule has 0 aliphatic heterocycles. The van der Waals surface area contributed by atoms with E-state index < -0.39 is 10.2 Å². The zero-order chi connectivity index (χ0) is 19.1. The van der Waals surface area contributed by atoms with Crippen molar-refractivity contribution in [1.29, 1.82) is 0 Å². The first-order valence-corrected chi connectivity index (χ1v) is 8.19. The molecule has 2 aromatic rings. The highest BCUT2D eigenvalue weighted by Crippen LogP contribution is 2.28. The minimum absolute atomic E-state index is 0.0362. The molecule has 26 heavy (non-hydrogen) atoms. The highest BCUT2D eigenvalue weighted by Gasteiger charge is 2.12. The Bertz CT molecular complexity index is 824. The van der Waals surface area contributed by atoms with Crippen molar-refractivity contribution >= 4 is 40.0 Å². The molecule has 0 saturated heterocycles. The van der Waals surface area contributed by atoms with Gasteiger partial charge in [-0.2, -0.15) is 5.10 Å². The number of nitro benzene ring substituents is 1. The zero-order valence-corrected chi connectivity index (χ0v) is 14.9. The van der Waals surface area contributed by atoms with Crippen molar-refractivity contribution in [1.82, 2.24) is 15.1 Å². The van der Waals surface area contributed by atoms with Gasteiger partial charge in [0.05, 0.1) is 9.95 Å². The van der Waals surface area contributed by atoms with Gasteiger partial charge in [-0.15, -0.1) is 0 Å². The maximum Gasteiger partial charge on any atom is 0.271 e. The average molecular weight is 401 g/mol. The van der Waals surface area contributed by atoms with Crippen LogP contribution in [0.15, 0.2) is 30.5 Å². The molecule has 1 heterocycles. The van der Waals surface area contributed by atoms with E-state index in [4.69, 9.17) is 27.9 Å². The summed E-state index contributed by atoms with van der Waals surface area (Å²) in [7, 11) is 0. The minimum Gasteiger partial charge on any atom is -0.470 e. The van der Waals surface area contributed by atoms with E-state index in [1.807, 2.05) is 0 Å². The van der Waals surface area contributed by atoms with Gasteiger partial charge in [-0.3, -0.25) is 19.7 Å². The molecule has 0 atom stereocenters. The van der Waals surface area contributed by atoms with Crippen molar-refractivity contribution in [3.8, 4) is 5.75 Å². The summed E-state index contributed by atoms with van der Waals surface area (Å²) in [5.41, 5.74) is 0.0388. The fourth-order valence-corrected chi connectivity index (χ4v) is 2.29. The molecule has 0 unspecified atom stereocenters. The molecule has 1 N–H and O–H groups in total. The van der Waals surface area contributed by atoms with E-state index in [0.29, 0.717) is 13.0 Å². The van der Waals surface area contributed by atoms with Crippen LogP contribution in [0.3, 0.4) is 0 Å². The lowest BCUT2D eigenvalue weighted by Crippen LogP contribution is -2.25. The van der Waals surface area contributed by atoms with Crippen LogP contribution < -0.4 is 10.1 Å². The molecule has 11 heteroatoms. The molecule has 1 aromatic carbocycles. The van der Waals surface area contributed by atoms with Crippen molar-refractivity contribution in [2.75, 3.05) is 6.54 Å². The summed E-state index contributed by atoms with van der Waals surface area (Å²) in [5, 5.41) is 17.0. The van der Waals surface area contributed by atoms with Crippen LogP contribution in [0, 0.1) is 10.1 Å². The van der Waals surface area contributed by atoms with Gasteiger partial charge in [-0.05, 0) is 30.2 Å². The summed E-state index contributed by atoms with van der Waals surface area (Å²) >= 11 is 11.1. The highest BCUT2D eigenvalue weighted by atomic mass is 35.5. The molecule has 0 spiro atoms.